The van der Waals surface area contributed by atoms with E-state index < -0.39 is 18.0 Å². The van der Waals surface area contributed by atoms with Gasteiger partial charge in [0, 0.05) is 10.9 Å². The fourth-order valence-corrected chi connectivity index (χ4v) is 5.08. The molecule has 2 aromatic carbocycles. The van der Waals surface area contributed by atoms with Crippen molar-refractivity contribution in [1.82, 2.24) is 20.2 Å². The van der Waals surface area contributed by atoms with Crippen LogP contribution in [0.5, 0.6) is 0 Å². The maximum atomic E-state index is 13.6. The Morgan fingerprint density at radius 2 is 1.80 bits per heavy atom. The van der Waals surface area contributed by atoms with Crippen molar-refractivity contribution < 1.29 is 14.3 Å². The Balaban J connectivity index is 1.63. The number of rotatable bonds is 6. The SMILES string of the molecule is CCOC(=O)C1=C(Cn2cnc3scc(-c4ccccc4)c3c2=O)NC(=O)NC1c1ccccc1. The standard InChI is InChI=1S/C26H22N4O4S/c1-2-34-25(32)21-19(28-26(33)29-22(21)17-11-7-4-8-12-17)13-30-15-27-23-20(24(30)31)18(14-35-23)16-9-5-3-6-10-16/h3-12,14-15,22H,2,13H2,1H3,(H2,28,29,33). The van der Waals surface area contributed by atoms with Gasteiger partial charge in [-0.2, -0.15) is 0 Å². The molecule has 0 bridgehead atoms. The van der Waals surface area contributed by atoms with Gasteiger partial charge in [0.1, 0.15) is 4.83 Å². The van der Waals surface area contributed by atoms with Crippen LogP contribution in [0.1, 0.15) is 18.5 Å². The van der Waals surface area contributed by atoms with E-state index in [0.717, 1.165) is 16.7 Å². The third-order valence-electron chi connectivity index (χ3n) is 5.76. The molecule has 0 aliphatic carbocycles. The molecule has 0 saturated carbocycles. The van der Waals surface area contributed by atoms with Crippen LogP contribution in [0.15, 0.2) is 88.4 Å². The molecule has 9 heteroatoms. The summed E-state index contributed by atoms with van der Waals surface area (Å²) in [6, 6.07) is 17.6. The van der Waals surface area contributed by atoms with Crippen molar-refractivity contribution in [2.75, 3.05) is 6.61 Å². The number of carbonyl (C=O) groups is 2. The van der Waals surface area contributed by atoms with E-state index in [1.165, 1.54) is 22.2 Å². The maximum absolute atomic E-state index is 13.6. The zero-order valence-electron chi connectivity index (χ0n) is 18.9. The average molecular weight is 487 g/mol. The molecule has 176 valence electrons. The van der Waals surface area contributed by atoms with Crippen molar-refractivity contribution in [1.29, 1.82) is 0 Å². The Morgan fingerprint density at radius 1 is 1.09 bits per heavy atom. The molecule has 1 aliphatic heterocycles. The number of amides is 2. The minimum atomic E-state index is -0.715. The summed E-state index contributed by atoms with van der Waals surface area (Å²) in [4.78, 5) is 44.2. The smallest absolute Gasteiger partial charge is 0.338 e. The van der Waals surface area contributed by atoms with E-state index in [1.54, 1.807) is 6.92 Å². The first-order valence-electron chi connectivity index (χ1n) is 11.1. The summed E-state index contributed by atoms with van der Waals surface area (Å²) < 4.78 is 6.72. The lowest BCUT2D eigenvalue weighted by atomic mass is 9.95. The molecule has 2 aromatic heterocycles. The number of allylic oxidation sites excluding steroid dienone is 1. The van der Waals surface area contributed by atoms with Gasteiger partial charge in [0.2, 0.25) is 0 Å². The lowest BCUT2D eigenvalue weighted by molar-refractivity contribution is -0.139. The number of carbonyl (C=O) groups excluding carboxylic acids is 2. The molecule has 0 spiro atoms. The van der Waals surface area contributed by atoms with Gasteiger partial charge in [0.25, 0.3) is 5.56 Å². The topological polar surface area (TPSA) is 102 Å². The number of urea groups is 1. The summed E-state index contributed by atoms with van der Waals surface area (Å²) in [6.07, 6.45) is 1.44. The Morgan fingerprint density at radius 3 is 2.51 bits per heavy atom. The number of ether oxygens (including phenoxy) is 1. The van der Waals surface area contributed by atoms with Crippen LogP contribution in [0, 0.1) is 0 Å². The summed E-state index contributed by atoms with van der Waals surface area (Å²) in [5.74, 6) is -0.563. The third-order valence-corrected chi connectivity index (χ3v) is 6.64. The second-order valence-electron chi connectivity index (χ2n) is 7.93. The van der Waals surface area contributed by atoms with Crippen LogP contribution in [0.4, 0.5) is 4.79 Å². The van der Waals surface area contributed by atoms with Crippen molar-refractivity contribution in [2.45, 2.75) is 19.5 Å². The van der Waals surface area contributed by atoms with Crippen molar-refractivity contribution >= 4 is 33.6 Å². The number of esters is 1. The number of hydrogen-bond donors (Lipinski definition) is 2. The highest BCUT2D eigenvalue weighted by molar-refractivity contribution is 7.17. The first kappa shape index (κ1) is 22.5. The zero-order chi connectivity index (χ0) is 24.4. The lowest BCUT2D eigenvalue weighted by Gasteiger charge is -2.29. The van der Waals surface area contributed by atoms with E-state index in [-0.39, 0.29) is 24.3 Å². The second-order valence-corrected chi connectivity index (χ2v) is 8.79. The molecular formula is C26H22N4O4S. The van der Waals surface area contributed by atoms with E-state index >= 15 is 0 Å². The molecule has 1 atom stereocenters. The van der Waals surface area contributed by atoms with E-state index in [2.05, 4.69) is 15.6 Å². The molecule has 35 heavy (non-hydrogen) atoms. The van der Waals surface area contributed by atoms with Gasteiger partial charge in [0.05, 0.1) is 42.2 Å². The summed E-state index contributed by atoms with van der Waals surface area (Å²) in [5.41, 5.74) is 2.73. The van der Waals surface area contributed by atoms with Crippen molar-refractivity contribution in [3.63, 3.8) is 0 Å². The number of hydrogen-bond acceptors (Lipinski definition) is 6. The van der Waals surface area contributed by atoms with Gasteiger partial charge in [-0.1, -0.05) is 60.7 Å². The van der Waals surface area contributed by atoms with E-state index in [9.17, 15) is 14.4 Å². The molecule has 5 rings (SSSR count). The number of benzene rings is 2. The molecule has 8 nitrogen and oxygen atoms in total. The number of thiophene rings is 1. The molecule has 2 amide bonds. The summed E-state index contributed by atoms with van der Waals surface area (Å²) in [7, 11) is 0. The number of fused-ring (bicyclic) bond motifs is 1. The van der Waals surface area contributed by atoms with Gasteiger partial charge in [-0.3, -0.25) is 9.36 Å². The highest BCUT2D eigenvalue weighted by Gasteiger charge is 2.34. The molecule has 1 unspecified atom stereocenters. The number of aromatic nitrogens is 2. The molecule has 1 aliphatic rings. The molecule has 2 N–H and O–H groups in total. The van der Waals surface area contributed by atoms with E-state index in [0.29, 0.717) is 15.9 Å². The van der Waals surface area contributed by atoms with E-state index in [4.69, 9.17) is 4.74 Å². The zero-order valence-corrected chi connectivity index (χ0v) is 19.7. The molecule has 0 saturated heterocycles. The quantitative estimate of drug-likeness (QED) is 0.401. The van der Waals surface area contributed by atoms with Gasteiger partial charge in [-0.05, 0) is 18.1 Å². The van der Waals surface area contributed by atoms with Crippen LogP contribution in [0.2, 0.25) is 0 Å². The monoisotopic (exact) mass is 486 g/mol. The van der Waals surface area contributed by atoms with Crippen LogP contribution >= 0.6 is 11.3 Å². The van der Waals surface area contributed by atoms with Crippen LogP contribution in [-0.2, 0) is 16.1 Å². The lowest BCUT2D eigenvalue weighted by Crippen LogP contribution is -2.47. The van der Waals surface area contributed by atoms with Crippen molar-refractivity contribution in [2.24, 2.45) is 0 Å². The fourth-order valence-electron chi connectivity index (χ4n) is 4.17. The Hall–Kier alpha value is -4.24. The first-order chi connectivity index (χ1) is 17.1. The van der Waals surface area contributed by atoms with Gasteiger partial charge in [-0.25, -0.2) is 14.6 Å². The van der Waals surface area contributed by atoms with Crippen LogP contribution < -0.4 is 16.2 Å². The molecular weight excluding hydrogens is 464 g/mol. The van der Waals surface area contributed by atoms with E-state index in [1.807, 2.05) is 66.0 Å². The summed E-state index contributed by atoms with van der Waals surface area (Å²) >= 11 is 1.40. The Labute approximate surface area is 204 Å². The van der Waals surface area contributed by atoms with Crippen LogP contribution in [0.25, 0.3) is 21.3 Å². The largest absolute Gasteiger partial charge is 0.463 e. The summed E-state index contributed by atoms with van der Waals surface area (Å²) in [6.45, 7) is 1.85. The first-order valence-corrected chi connectivity index (χ1v) is 12.0. The molecule has 4 aromatic rings. The summed E-state index contributed by atoms with van der Waals surface area (Å²) in [5, 5.41) is 7.93. The predicted octanol–water partition coefficient (Wildman–Crippen LogP) is 4.00. The van der Waals surface area contributed by atoms with Crippen LogP contribution in [-0.4, -0.2) is 28.2 Å². The number of nitrogens with zero attached hydrogens (tertiary/aromatic N) is 2. The molecule has 3 heterocycles. The maximum Gasteiger partial charge on any atom is 0.338 e. The minimum absolute atomic E-state index is 0.0449. The normalized spacial score (nSPS) is 15.6. The van der Waals surface area contributed by atoms with Gasteiger partial charge < -0.3 is 15.4 Å². The van der Waals surface area contributed by atoms with Gasteiger partial charge in [0.15, 0.2) is 0 Å². The predicted molar refractivity (Wildman–Crippen MR) is 134 cm³/mol. The average Bonchev–Trinajstić information content (AvgIpc) is 3.31. The van der Waals surface area contributed by atoms with Crippen molar-refractivity contribution in [3.05, 3.63) is 99.6 Å². The van der Waals surface area contributed by atoms with Gasteiger partial charge >= 0.3 is 12.0 Å². The molecule has 0 fully saturated rings. The number of nitrogens with one attached hydrogen (secondary N) is 2. The highest BCUT2D eigenvalue weighted by atomic mass is 32.1. The second kappa shape index (κ2) is 9.55. The molecule has 0 radical (unpaired) electrons. The highest BCUT2D eigenvalue weighted by Crippen LogP contribution is 2.31. The van der Waals surface area contributed by atoms with Gasteiger partial charge in [-0.15, -0.1) is 11.3 Å². The minimum Gasteiger partial charge on any atom is -0.463 e. The fraction of sp³-hybridized carbons (Fsp3) is 0.154. The Bertz CT molecular complexity index is 1490. The van der Waals surface area contributed by atoms with Crippen LogP contribution in [0.3, 0.4) is 0 Å². The van der Waals surface area contributed by atoms with Crippen molar-refractivity contribution in [3.8, 4) is 11.1 Å². The third kappa shape index (κ3) is 4.33. The Kier molecular flexibility index (Phi) is 6.15.